The van der Waals surface area contributed by atoms with Gasteiger partial charge in [0.05, 0.1) is 11.6 Å². The lowest BCUT2D eigenvalue weighted by atomic mass is 10.0. The number of thiophene rings is 1. The van der Waals surface area contributed by atoms with E-state index in [0.29, 0.717) is 38.1 Å². The predicted octanol–water partition coefficient (Wildman–Crippen LogP) is 4.74. The van der Waals surface area contributed by atoms with E-state index in [4.69, 9.17) is 9.40 Å². The highest BCUT2D eigenvalue weighted by atomic mass is 32.1. The first-order valence-corrected chi connectivity index (χ1v) is 11.7. The van der Waals surface area contributed by atoms with Crippen LogP contribution in [0.3, 0.4) is 0 Å². The number of aryl methyl sites for hydroxylation is 2. The van der Waals surface area contributed by atoms with Crippen LogP contribution in [-0.4, -0.2) is 33.4 Å². The van der Waals surface area contributed by atoms with E-state index in [9.17, 15) is 9.59 Å². The van der Waals surface area contributed by atoms with Crippen molar-refractivity contribution in [2.75, 3.05) is 13.1 Å². The van der Waals surface area contributed by atoms with Crippen LogP contribution in [0.15, 0.2) is 57.9 Å². The third-order valence-electron chi connectivity index (χ3n) is 6.36. The van der Waals surface area contributed by atoms with Crippen molar-refractivity contribution in [1.82, 2.24) is 14.5 Å². The van der Waals surface area contributed by atoms with Gasteiger partial charge in [-0.1, -0.05) is 30.3 Å². The molecule has 1 aliphatic heterocycles. The maximum Gasteiger partial charge on any atom is 0.289 e. The van der Waals surface area contributed by atoms with Gasteiger partial charge in [-0.2, -0.15) is 0 Å². The van der Waals surface area contributed by atoms with Gasteiger partial charge in [0, 0.05) is 30.4 Å². The summed E-state index contributed by atoms with van der Waals surface area (Å²) in [5.74, 6) is 1.06. The maximum absolute atomic E-state index is 13.7. The number of benzene rings is 1. The third kappa shape index (κ3) is 3.66. The number of amides is 1. The molecule has 0 spiro atoms. The molecule has 164 valence electrons. The van der Waals surface area contributed by atoms with Crippen molar-refractivity contribution >= 4 is 27.5 Å². The number of nitrogens with zero attached hydrogens (tertiary/aromatic N) is 3. The smallest absolute Gasteiger partial charge is 0.289 e. The van der Waals surface area contributed by atoms with Gasteiger partial charge in [0.25, 0.3) is 11.5 Å². The first kappa shape index (κ1) is 20.7. The average Bonchev–Trinajstić information content (AvgIpc) is 3.43. The first-order valence-electron chi connectivity index (χ1n) is 10.9. The summed E-state index contributed by atoms with van der Waals surface area (Å²) in [6.07, 6.45) is 3.54. The van der Waals surface area contributed by atoms with Crippen molar-refractivity contribution in [3.8, 4) is 0 Å². The fourth-order valence-corrected chi connectivity index (χ4v) is 5.55. The Balaban J connectivity index is 1.50. The molecule has 1 fully saturated rings. The van der Waals surface area contributed by atoms with Crippen molar-refractivity contribution in [2.45, 2.75) is 39.2 Å². The van der Waals surface area contributed by atoms with Gasteiger partial charge in [0.1, 0.15) is 10.7 Å². The molecule has 0 radical (unpaired) electrons. The zero-order chi connectivity index (χ0) is 22.2. The summed E-state index contributed by atoms with van der Waals surface area (Å²) < 4.78 is 7.18. The van der Waals surface area contributed by atoms with Crippen LogP contribution in [0.25, 0.3) is 10.2 Å². The molecular formula is C25H25N3O3S. The standard InChI is InChI=1S/C25H25N3O3S/c1-16-17(2)32-23-22(16)25(30)28(21(26-23)15-18-7-4-3-5-8-18)19-10-12-27(13-11-19)24(29)20-9-6-14-31-20/h3-9,14,19H,10-13,15H2,1-2H3. The molecule has 1 aliphatic rings. The second kappa shape index (κ2) is 8.39. The number of aromatic nitrogens is 2. The summed E-state index contributed by atoms with van der Waals surface area (Å²) in [6.45, 7) is 5.21. The zero-order valence-electron chi connectivity index (χ0n) is 18.2. The molecule has 0 atom stereocenters. The maximum atomic E-state index is 13.7. The lowest BCUT2D eigenvalue weighted by Crippen LogP contribution is -2.41. The molecule has 1 saturated heterocycles. The van der Waals surface area contributed by atoms with Gasteiger partial charge in [-0.25, -0.2) is 4.98 Å². The molecule has 0 aliphatic carbocycles. The monoisotopic (exact) mass is 447 g/mol. The molecule has 0 unspecified atom stereocenters. The number of piperidine rings is 1. The van der Waals surface area contributed by atoms with E-state index in [0.717, 1.165) is 32.0 Å². The molecule has 7 heteroatoms. The molecule has 32 heavy (non-hydrogen) atoms. The minimum Gasteiger partial charge on any atom is -0.459 e. The van der Waals surface area contributed by atoms with Gasteiger partial charge in [-0.05, 0) is 49.9 Å². The fraction of sp³-hybridized carbons (Fsp3) is 0.320. The summed E-state index contributed by atoms with van der Waals surface area (Å²) in [6, 6.07) is 13.6. The molecule has 1 aromatic carbocycles. The Morgan fingerprint density at radius 3 is 2.56 bits per heavy atom. The van der Waals surface area contributed by atoms with E-state index in [1.54, 1.807) is 23.5 Å². The highest BCUT2D eigenvalue weighted by Gasteiger charge is 2.29. The number of likely N-dealkylation sites (tertiary alicyclic amines) is 1. The van der Waals surface area contributed by atoms with E-state index in [-0.39, 0.29) is 17.5 Å². The van der Waals surface area contributed by atoms with Crippen molar-refractivity contribution in [3.63, 3.8) is 0 Å². The van der Waals surface area contributed by atoms with Gasteiger partial charge < -0.3 is 9.32 Å². The number of carbonyl (C=O) groups is 1. The van der Waals surface area contributed by atoms with Crippen molar-refractivity contribution in [1.29, 1.82) is 0 Å². The van der Waals surface area contributed by atoms with Gasteiger partial charge in [0.15, 0.2) is 5.76 Å². The minimum atomic E-state index is -0.0943. The van der Waals surface area contributed by atoms with Crippen LogP contribution in [-0.2, 0) is 6.42 Å². The molecular weight excluding hydrogens is 422 g/mol. The van der Waals surface area contributed by atoms with E-state index in [2.05, 4.69) is 12.1 Å². The van der Waals surface area contributed by atoms with Crippen LogP contribution < -0.4 is 5.56 Å². The lowest BCUT2D eigenvalue weighted by Gasteiger charge is -2.33. The van der Waals surface area contributed by atoms with Crippen LogP contribution in [0.5, 0.6) is 0 Å². The van der Waals surface area contributed by atoms with Gasteiger partial charge in [0.2, 0.25) is 0 Å². The normalized spacial score (nSPS) is 14.9. The Hall–Kier alpha value is -3.19. The molecule has 0 saturated carbocycles. The summed E-state index contributed by atoms with van der Waals surface area (Å²) >= 11 is 1.59. The molecule has 3 aromatic heterocycles. The highest BCUT2D eigenvalue weighted by molar-refractivity contribution is 7.18. The Morgan fingerprint density at radius 1 is 1.12 bits per heavy atom. The Kier molecular flexibility index (Phi) is 5.43. The highest BCUT2D eigenvalue weighted by Crippen LogP contribution is 2.30. The number of hydrogen-bond acceptors (Lipinski definition) is 5. The number of rotatable bonds is 4. The number of hydrogen-bond donors (Lipinski definition) is 0. The minimum absolute atomic E-state index is 0.0124. The fourth-order valence-electron chi connectivity index (χ4n) is 4.51. The van der Waals surface area contributed by atoms with Gasteiger partial charge in [-0.15, -0.1) is 11.3 Å². The predicted molar refractivity (Wildman–Crippen MR) is 125 cm³/mol. The summed E-state index contributed by atoms with van der Waals surface area (Å²) in [5, 5.41) is 0.735. The summed E-state index contributed by atoms with van der Waals surface area (Å²) in [5.41, 5.74) is 2.19. The Bertz CT molecular complexity index is 1310. The SMILES string of the molecule is Cc1sc2nc(Cc3ccccc3)n(C3CCN(C(=O)c4ccco4)CC3)c(=O)c2c1C. The topological polar surface area (TPSA) is 68.3 Å². The van der Waals surface area contributed by atoms with E-state index >= 15 is 0 Å². The van der Waals surface area contributed by atoms with Crippen LogP contribution in [0.1, 0.15) is 51.3 Å². The average molecular weight is 448 g/mol. The Labute approximate surface area is 190 Å². The van der Waals surface area contributed by atoms with Crippen molar-refractivity contribution in [3.05, 3.63) is 86.7 Å². The molecule has 0 N–H and O–H groups in total. The van der Waals surface area contributed by atoms with Crippen LogP contribution in [0, 0.1) is 13.8 Å². The van der Waals surface area contributed by atoms with Crippen LogP contribution in [0.4, 0.5) is 0 Å². The summed E-state index contributed by atoms with van der Waals surface area (Å²) in [7, 11) is 0. The lowest BCUT2D eigenvalue weighted by molar-refractivity contribution is 0.0660. The van der Waals surface area contributed by atoms with Crippen LogP contribution >= 0.6 is 11.3 Å². The molecule has 4 heterocycles. The van der Waals surface area contributed by atoms with E-state index in [1.807, 2.05) is 41.5 Å². The third-order valence-corrected chi connectivity index (χ3v) is 7.46. The Morgan fingerprint density at radius 2 is 1.88 bits per heavy atom. The second-order valence-corrected chi connectivity index (χ2v) is 9.53. The molecule has 4 aromatic rings. The van der Waals surface area contributed by atoms with Gasteiger partial charge in [-0.3, -0.25) is 14.2 Å². The second-order valence-electron chi connectivity index (χ2n) is 8.33. The van der Waals surface area contributed by atoms with Crippen LogP contribution in [0.2, 0.25) is 0 Å². The van der Waals surface area contributed by atoms with E-state index in [1.165, 1.54) is 6.26 Å². The molecule has 0 bridgehead atoms. The van der Waals surface area contributed by atoms with Crippen molar-refractivity contribution in [2.24, 2.45) is 0 Å². The molecule has 1 amide bonds. The molecule has 5 rings (SSSR count). The number of carbonyl (C=O) groups excluding carboxylic acids is 1. The van der Waals surface area contributed by atoms with Gasteiger partial charge >= 0.3 is 0 Å². The molecule has 6 nitrogen and oxygen atoms in total. The van der Waals surface area contributed by atoms with E-state index < -0.39 is 0 Å². The quantitative estimate of drug-likeness (QED) is 0.453. The largest absolute Gasteiger partial charge is 0.459 e. The van der Waals surface area contributed by atoms with Crippen molar-refractivity contribution < 1.29 is 9.21 Å². The number of furan rings is 1. The summed E-state index contributed by atoms with van der Waals surface area (Å²) in [4.78, 5) is 35.1. The first-order chi connectivity index (χ1) is 15.5. The number of fused-ring (bicyclic) bond motifs is 1. The zero-order valence-corrected chi connectivity index (χ0v) is 19.0.